The monoisotopic (exact) mass is 674 g/mol. The second kappa shape index (κ2) is 12.2. The van der Waals surface area contributed by atoms with Crippen molar-refractivity contribution in [2.45, 2.75) is 26.1 Å². The first-order valence-electron chi connectivity index (χ1n) is 13.9. The summed E-state index contributed by atoms with van der Waals surface area (Å²) in [6, 6.07) is 21.1. The van der Waals surface area contributed by atoms with Crippen LogP contribution in [0, 0.1) is 0 Å². The summed E-state index contributed by atoms with van der Waals surface area (Å²) in [5.41, 5.74) is 2.89. The average Bonchev–Trinajstić information content (AvgIpc) is 3.69. The number of imidazole rings is 1. The van der Waals surface area contributed by atoms with E-state index in [-0.39, 0.29) is 36.4 Å². The first kappa shape index (κ1) is 29.5. The van der Waals surface area contributed by atoms with E-state index >= 15 is 0 Å². The predicted molar refractivity (Wildman–Crippen MR) is 170 cm³/mol. The maximum atomic E-state index is 14.1. The van der Waals surface area contributed by atoms with Crippen molar-refractivity contribution in [3.05, 3.63) is 128 Å². The maximum Gasteiger partial charge on any atom is 0.333 e. The van der Waals surface area contributed by atoms with Crippen LogP contribution in [0.25, 0.3) is 11.4 Å². The van der Waals surface area contributed by atoms with E-state index in [2.05, 4.69) is 26.3 Å². The molecule has 0 saturated carbocycles. The fourth-order valence-electron chi connectivity index (χ4n) is 5.33. The largest absolute Gasteiger partial charge is 0.497 e. The van der Waals surface area contributed by atoms with Gasteiger partial charge in [-0.15, -0.1) is 0 Å². The van der Waals surface area contributed by atoms with E-state index in [1.54, 1.807) is 57.8 Å². The van der Waals surface area contributed by atoms with Crippen molar-refractivity contribution in [3.63, 3.8) is 0 Å². The topological polar surface area (TPSA) is 103 Å². The minimum atomic E-state index is -0.434. The number of nitrogens with zero attached hydrogens (tertiary/aromatic N) is 5. The van der Waals surface area contributed by atoms with Crippen LogP contribution in [0.1, 0.15) is 45.1 Å². The number of ether oxygens (including phenoxy) is 1. The Morgan fingerprint density at radius 2 is 1.75 bits per heavy atom. The third-order valence-corrected chi connectivity index (χ3v) is 8.92. The smallest absolute Gasteiger partial charge is 0.333 e. The molecule has 6 rings (SSSR count). The molecule has 0 aliphatic carbocycles. The van der Waals surface area contributed by atoms with Crippen LogP contribution in [0.15, 0.2) is 94.5 Å². The molecule has 0 bridgehead atoms. The highest BCUT2D eigenvalue weighted by Gasteiger charge is 2.32. The quantitative estimate of drug-likeness (QED) is 0.249. The molecule has 1 unspecified atom stereocenters. The summed E-state index contributed by atoms with van der Waals surface area (Å²) in [5.74, 6) is 0.0293. The molecule has 2 amide bonds. The van der Waals surface area contributed by atoms with E-state index in [9.17, 15) is 14.4 Å². The number of carbonyl (C=O) groups is 2. The second-order valence-corrected chi connectivity index (χ2v) is 11.6. The molecular formula is C32H28BrClN6O4. The minimum Gasteiger partial charge on any atom is -0.497 e. The number of amides is 2. The Balaban J connectivity index is 1.39. The first-order valence-corrected chi connectivity index (χ1v) is 15.1. The van der Waals surface area contributed by atoms with Gasteiger partial charge < -0.3 is 15.0 Å². The average molecular weight is 676 g/mol. The minimum absolute atomic E-state index is 0.0692. The number of rotatable bonds is 7. The normalized spacial score (nSPS) is 13.3. The summed E-state index contributed by atoms with van der Waals surface area (Å²) in [4.78, 5) is 43.1. The van der Waals surface area contributed by atoms with Gasteiger partial charge in [0.25, 0.3) is 11.8 Å². The molecule has 2 aromatic heterocycles. The Morgan fingerprint density at radius 1 is 1.02 bits per heavy atom. The Kier molecular flexibility index (Phi) is 8.15. The number of benzene rings is 3. The van der Waals surface area contributed by atoms with Crippen LogP contribution in [-0.4, -0.2) is 49.3 Å². The third kappa shape index (κ3) is 5.56. The molecule has 44 heavy (non-hydrogen) atoms. The Labute approximate surface area is 266 Å². The molecular weight excluding hydrogens is 648 g/mol. The van der Waals surface area contributed by atoms with E-state index in [1.165, 1.54) is 4.57 Å². The van der Waals surface area contributed by atoms with Gasteiger partial charge in [0.15, 0.2) is 0 Å². The maximum absolute atomic E-state index is 14.1. The van der Waals surface area contributed by atoms with E-state index in [1.807, 2.05) is 55.6 Å². The number of methoxy groups -OCH3 is 1. The molecule has 1 atom stereocenters. The van der Waals surface area contributed by atoms with Gasteiger partial charge in [0.05, 0.1) is 41.8 Å². The molecule has 12 heteroatoms. The van der Waals surface area contributed by atoms with Crippen LogP contribution in [0.5, 0.6) is 5.75 Å². The SMILES string of the molecule is COc1ccc(C(C)NC(=O)c2c3n(c(=O)n2-c2ccc(-n4cccn4)cc2)CCN(C(=O)c2ccc(Br)c(Cl)c2)C3)cc1. The summed E-state index contributed by atoms with van der Waals surface area (Å²) in [6.07, 6.45) is 3.50. The molecule has 1 aliphatic rings. The molecule has 224 valence electrons. The van der Waals surface area contributed by atoms with E-state index in [0.717, 1.165) is 11.3 Å². The zero-order chi connectivity index (χ0) is 31.0. The van der Waals surface area contributed by atoms with Gasteiger partial charge in [-0.25, -0.2) is 9.48 Å². The fourth-order valence-corrected chi connectivity index (χ4v) is 5.76. The van der Waals surface area contributed by atoms with Crippen LogP contribution in [0.2, 0.25) is 5.02 Å². The Hall–Kier alpha value is -4.61. The summed E-state index contributed by atoms with van der Waals surface area (Å²) in [6.45, 7) is 2.47. The highest BCUT2D eigenvalue weighted by molar-refractivity contribution is 9.10. The van der Waals surface area contributed by atoms with Crippen molar-refractivity contribution in [2.75, 3.05) is 13.7 Å². The summed E-state index contributed by atoms with van der Waals surface area (Å²) >= 11 is 9.62. The number of nitrogens with one attached hydrogen (secondary N) is 1. The van der Waals surface area contributed by atoms with Gasteiger partial charge in [-0.3, -0.25) is 18.7 Å². The van der Waals surface area contributed by atoms with Crippen molar-refractivity contribution in [1.29, 1.82) is 0 Å². The van der Waals surface area contributed by atoms with Gasteiger partial charge in [0.1, 0.15) is 11.4 Å². The molecule has 3 heterocycles. The molecule has 0 saturated heterocycles. The fraction of sp³-hybridized carbons (Fsp3) is 0.188. The molecule has 0 radical (unpaired) electrons. The second-order valence-electron chi connectivity index (χ2n) is 10.4. The zero-order valence-electron chi connectivity index (χ0n) is 23.9. The number of halogens is 2. The van der Waals surface area contributed by atoms with Crippen LogP contribution >= 0.6 is 27.5 Å². The first-order chi connectivity index (χ1) is 21.2. The predicted octanol–water partition coefficient (Wildman–Crippen LogP) is 5.40. The Bertz CT molecular complexity index is 1900. The lowest BCUT2D eigenvalue weighted by atomic mass is 10.1. The molecule has 1 aliphatic heterocycles. The molecule has 5 aromatic rings. The number of hydrogen-bond acceptors (Lipinski definition) is 5. The molecule has 1 N–H and O–H groups in total. The van der Waals surface area contributed by atoms with Crippen LogP contribution in [0.4, 0.5) is 0 Å². The molecule has 0 spiro atoms. The third-order valence-electron chi connectivity index (χ3n) is 7.69. The number of fused-ring (bicyclic) bond motifs is 1. The van der Waals surface area contributed by atoms with E-state index < -0.39 is 5.91 Å². The highest BCUT2D eigenvalue weighted by atomic mass is 79.9. The van der Waals surface area contributed by atoms with Gasteiger partial charge in [-0.05, 0) is 89.1 Å². The molecule has 0 fully saturated rings. The summed E-state index contributed by atoms with van der Waals surface area (Å²) in [7, 11) is 1.59. The van der Waals surface area contributed by atoms with Crippen LogP contribution in [-0.2, 0) is 13.1 Å². The van der Waals surface area contributed by atoms with Gasteiger partial charge in [0.2, 0.25) is 0 Å². The number of hydrogen-bond donors (Lipinski definition) is 1. The van der Waals surface area contributed by atoms with Gasteiger partial charge >= 0.3 is 5.69 Å². The van der Waals surface area contributed by atoms with Crippen LogP contribution < -0.4 is 15.7 Å². The Morgan fingerprint density at radius 3 is 2.41 bits per heavy atom. The van der Waals surface area contributed by atoms with Crippen molar-refractivity contribution < 1.29 is 14.3 Å². The number of aromatic nitrogens is 4. The lowest BCUT2D eigenvalue weighted by Gasteiger charge is -2.28. The number of carbonyl (C=O) groups excluding carboxylic acids is 2. The lowest BCUT2D eigenvalue weighted by Crippen LogP contribution is -2.41. The van der Waals surface area contributed by atoms with Crippen LogP contribution in [0.3, 0.4) is 0 Å². The van der Waals surface area contributed by atoms with Crippen molar-refractivity contribution in [3.8, 4) is 17.1 Å². The van der Waals surface area contributed by atoms with Gasteiger partial charge in [-0.1, -0.05) is 23.7 Å². The molecule has 3 aromatic carbocycles. The summed E-state index contributed by atoms with van der Waals surface area (Å²) < 4.78 is 10.6. The standard InChI is InChI=1S/C32H28BrClN6O4/c1-20(21-4-11-25(44-2)12-5-21)36-30(41)29-28-19-37(31(42)22-6-13-26(33)27(34)18-22)16-17-38(28)32(43)40(29)24-9-7-23(8-10-24)39-15-3-14-35-39/h3-15,18,20H,16-17,19H2,1-2H3,(H,36,41). The van der Waals surface area contributed by atoms with Crippen molar-refractivity contribution in [1.82, 2.24) is 29.1 Å². The van der Waals surface area contributed by atoms with E-state index in [4.69, 9.17) is 16.3 Å². The van der Waals surface area contributed by atoms with Crippen molar-refractivity contribution in [2.24, 2.45) is 0 Å². The van der Waals surface area contributed by atoms with Crippen molar-refractivity contribution >= 4 is 39.3 Å². The van der Waals surface area contributed by atoms with Gasteiger partial charge in [-0.2, -0.15) is 5.10 Å². The molecule has 10 nitrogen and oxygen atoms in total. The zero-order valence-corrected chi connectivity index (χ0v) is 26.2. The van der Waals surface area contributed by atoms with E-state index in [0.29, 0.717) is 38.7 Å². The summed E-state index contributed by atoms with van der Waals surface area (Å²) in [5, 5.41) is 7.73. The van der Waals surface area contributed by atoms with Gasteiger partial charge in [0, 0.05) is 35.5 Å². The lowest BCUT2D eigenvalue weighted by molar-refractivity contribution is 0.0706. The highest BCUT2D eigenvalue weighted by Crippen LogP contribution is 2.27.